The Morgan fingerprint density at radius 1 is 1.03 bits per heavy atom. The monoisotopic (exact) mass is 491 g/mol. The lowest BCUT2D eigenvalue weighted by atomic mass is 10.2. The van der Waals surface area contributed by atoms with Crippen molar-refractivity contribution in [2.75, 3.05) is 0 Å². The Kier molecular flexibility index (Phi) is 6.16. The van der Waals surface area contributed by atoms with Crippen molar-refractivity contribution in [3.05, 3.63) is 103 Å². The van der Waals surface area contributed by atoms with Crippen molar-refractivity contribution in [2.45, 2.75) is 12.8 Å². The number of benzene rings is 3. The molecule has 0 saturated heterocycles. The Morgan fingerprint density at radius 3 is 2.38 bits per heavy atom. The number of halogens is 4. The van der Waals surface area contributed by atoms with Gasteiger partial charge in [-0.15, -0.1) is 0 Å². The molecule has 0 bridgehead atoms. The number of para-hydroxylation sites is 1. The Hall–Kier alpha value is -4.05. The minimum atomic E-state index is -5.03. The van der Waals surface area contributed by atoms with Crippen molar-refractivity contribution in [3.8, 4) is 17.2 Å². The molecule has 34 heavy (non-hydrogen) atoms. The molecule has 1 heterocycles. The predicted molar refractivity (Wildman–Crippen MR) is 116 cm³/mol. The molecule has 0 aliphatic heterocycles. The van der Waals surface area contributed by atoms with Gasteiger partial charge in [0.05, 0.1) is 15.3 Å². The van der Waals surface area contributed by atoms with Crippen molar-refractivity contribution in [2.24, 2.45) is 0 Å². The lowest BCUT2D eigenvalue weighted by Crippen LogP contribution is -2.15. The summed E-state index contributed by atoms with van der Waals surface area (Å²) in [7, 11) is 0. The molecule has 0 unspecified atom stereocenters. The number of nitro benzene ring substituents is 1. The molecular weight excluding hydrogens is 479 g/mol. The van der Waals surface area contributed by atoms with Crippen LogP contribution in [0.4, 0.5) is 18.9 Å². The van der Waals surface area contributed by atoms with E-state index in [0.717, 1.165) is 6.07 Å². The van der Waals surface area contributed by atoms with E-state index in [4.69, 9.17) is 25.5 Å². The Balaban J connectivity index is 1.68. The van der Waals surface area contributed by atoms with Crippen LogP contribution in [0, 0.1) is 10.1 Å². The molecule has 0 spiro atoms. The fraction of sp³-hybridized carbons (Fsp3) is 0.0870. The summed E-state index contributed by atoms with van der Waals surface area (Å²) in [5.74, 6) is -2.66. The number of ether oxygens (including phenoxy) is 2. The maximum absolute atomic E-state index is 13.7. The van der Waals surface area contributed by atoms with Gasteiger partial charge in [0.15, 0.2) is 0 Å². The van der Waals surface area contributed by atoms with Gasteiger partial charge >= 0.3 is 6.18 Å². The van der Waals surface area contributed by atoms with Gasteiger partial charge in [-0.1, -0.05) is 23.7 Å². The van der Waals surface area contributed by atoms with Crippen LogP contribution >= 0.6 is 11.6 Å². The number of hydrogen-bond acceptors (Lipinski definition) is 6. The molecule has 7 nitrogen and oxygen atoms in total. The predicted octanol–water partition coefficient (Wildman–Crippen LogP) is 6.74. The second-order valence-electron chi connectivity index (χ2n) is 6.99. The maximum atomic E-state index is 13.7. The minimum Gasteiger partial charge on any atom is -0.489 e. The molecule has 0 aliphatic rings. The first-order valence-corrected chi connectivity index (χ1v) is 9.98. The molecular formula is C23H13ClF3NO6. The Morgan fingerprint density at radius 2 is 1.74 bits per heavy atom. The van der Waals surface area contributed by atoms with Gasteiger partial charge < -0.3 is 13.9 Å². The van der Waals surface area contributed by atoms with Gasteiger partial charge in [0.2, 0.25) is 11.2 Å². The van der Waals surface area contributed by atoms with Crippen LogP contribution in [0.2, 0.25) is 5.02 Å². The summed E-state index contributed by atoms with van der Waals surface area (Å²) in [5, 5.41) is 10.6. The quantitative estimate of drug-likeness (QED) is 0.219. The van der Waals surface area contributed by atoms with E-state index in [-0.39, 0.29) is 39.8 Å². The van der Waals surface area contributed by atoms with Crippen LogP contribution in [-0.2, 0) is 12.8 Å². The third-order valence-electron chi connectivity index (χ3n) is 4.68. The molecule has 0 aliphatic carbocycles. The zero-order valence-corrected chi connectivity index (χ0v) is 17.7. The molecule has 4 aromatic rings. The average molecular weight is 492 g/mol. The van der Waals surface area contributed by atoms with Crippen molar-refractivity contribution >= 4 is 28.3 Å². The van der Waals surface area contributed by atoms with Crippen molar-refractivity contribution in [1.82, 2.24) is 0 Å². The van der Waals surface area contributed by atoms with Gasteiger partial charge in [0.1, 0.15) is 23.7 Å². The van der Waals surface area contributed by atoms with Crippen LogP contribution in [0.15, 0.2) is 75.9 Å². The number of rotatable bonds is 6. The standard InChI is InChI=1S/C23H13ClF3NO6/c24-17-3-1-2-4-18(17)33-21-20(29)16-10-9-15(11-19(16)34-22(21)23(25,26)27)32-12-13-5-7-14(8-6-13)28(30)31/h1-11H,12H2. The average Bonchev–Trinajstić information content (AvgIpc) is 2.80. The molecule has 0 saturated carbocycles. The highest BCUT2D eigenvalue weighted by Crippen LogP contribution is 2.39. The van der Waals surface area contributed by atoms with E-state index < -0.39 is 28.0 Å². The van der Waals surface area contributed by atoms with E-state index in [2.05, 4.69) is 0 Å². The highest BCUT2D eigenvalue weighted by molar-refractivity contribution is 6.32. The topological polar surface area (TPSA) is 91.8 Å². The zero-order valence-electron chi connectivity index (χ0n) is 17.0. The van der Waals surface area contributed by atoms with E-state index in [1.807, 2.05) is 0 Å². The molecule has 0 amide bonds. The van der Waals surface area contributed by atoms with Crippen molar-refractivity contribution in [3.63, 3.8) is 0 Å². The van der Waals surface area contributed by atoms with E-state index in [0.29, 0.717) is 5.56 Å². The van der Waals surface area contributed by atoms with E-state index >= 15 is 0 Å². The SMILES string of the molecule is O=c1c(Oc2ccccc2Cl)c(C(F)(F)F)oc2cc(OCc3ccc([N+](=O)[O-])cc3)ccc12. The second-order valence-corrected chi connectivity index (χ2v) is 7.40. The summed E-state index contributed by atoms with van der Waals surface area (Å²) in [6, 6.07) is 15.1. The van der Waals surface area contributed by atoms with Crippen molar-refractivity contribution < 1.29 is 32.0 Å². The van der Waals surface area contributed by atoms with Crippen LogP contribution < -0.4 is 14.9 Å². The zero-order chi connectivity index (χ0) is 24.5. The van der Waals surface area contributed by atoms with E-state index in [1.54, 1.807) is 6.07 Å². The molecule has 0 radical (unpaired) electrons. The largest absolute Gasteiger partial charge is 0.489 e. The second kappa shape index (κ2) is 9.06. The summed E-state index contributed by atoms with van der Waals surface area (Å²) >= 11 is 5.95. The molecule has 11 heteroatoms. The normalized spacial score (nSPS) is 11.4. The fourth-order valence-corrected chi connectivity index (χ4v) is 3.22. The third-order valence-corrected chi connectivity index (χ3v) is 4.99. The highest BCUT2D eigenvalue weighted by atomic mass is 35.5. The molecule has 3 aromatic carbocycles. The number of alkyl halides is 3. The molecule has 0 N–H and O–H groups in total. The van der Waals surface area contributed by atoms with E-state index in [9.17, 15) is 28.1 Å². The van der Waals surface area contributed by atoms with Gasteiger partial charge in [-0.2, -0.15) is 13.2 Å². The number of hydrogen-bond donors (Lipinski definition) is 0. The van der Waals surface area contributed by atoms with Crippen LogP contribution in [0.3, 0.4) is 0 Å². The van der Waals surface area contributed by atoms with Crippen LogP contribution in [-0.4, -0.2) is 4.92 Å². The summed E-state index contributed by atoms with van der Waals surface area (Å²) < 4.78 is 56.9. The number of nitro groups is 1. The molecule has 0 fully saturated rings. The first-order chi connectivity index (χ1) is 16.1. The lowest BCUT2D eigenvalue weighted by molar-refractivity contribution is -0.384. The fourth-order valence-electron chi connectivity index (χ4n) is 3.04. The van der Waals surface area contributed by atoms with Gasteiger partial charge in [0.25, 0.3) is 11.4 Å². The summed E-state index contributed by atoms with van der Waals surface area (Å²) in [6.07, 6.45) is -5.03. The smallest absolute Gasteiger partial charge is 0.453 e. The van der Waals surface area contributed by atoms with Gasteiger partial charge in [-0.25, -0.2) is 0 Å². The van der Waals surface area contributed by atoms with Gasteiger partial charge in [-0.3, -0.25) is 14.9 Å². The lowest BCUT2D eigenvalue weighted by Gasteiger charge is -2.14. The molecule has 0 atom stereocenters. The minimum absolute atomic E-state index is 0.0186. The summed E-state index contributed by atoms with van der Waals surface area (Å²) in [6.45, 7) is -0.0203. The number of non-ortho nitro benzene ring substituents is 1. The van der Waals surface area contributed by atoms with E-state index in [1.165, 1.54) is 54.6 Å². The first-order valence-electron chi connectivity index (χ1n) is 9.60. The Bertz CT molecular complexity index is 1430. The Labute approximate surface area is 194 Å². The highest BCUT2D eigenvalue weighted by Gasteiger charge is 2.40. The van der Waals surface area contributed by atoms with Crippen molar-refractivity contribution in [1.29, 1.82) is 0 Å². The first kappa shape index (κ1) is 23.1. The third kappa shape index (κ3) is 4.81. The van der Waals surface area contributed by atoms with Crippen LogP contribution in [0.5, 0.6) is 17.2 Å². The molecule has 1 aromatic heterocycles. The van der Waals surface area contributed by atoms with Gasteiger partial charge in [-0.05, 0) is 42.0 Å². The van der Waals surface area contributed by atoms with Gasteiger partial charge in [0, 0.05) is 18.2 Å². The number of nitrogens with zero attached hydrogens (tertiary/aromatic N) is 1. The summed E-state index contributed by atoms with van der Waals surface area (Å²) in [4.78, 5) is 23.0. The maximum Gasteiger partial charge on any atom is 0.453 e. The summed E-state index contributed by atoms with van der Waals surface area (Å²) in [5.41, 5.74) is -0.891. The van der Waals surface area contributed by atoms with Crippen LogP contribution in [0.1, 0.15) is 11.3 Å². The molecule has 4 rings (SSSR count). The molecule has 174 valence electrons. The van der Waals surface area contributed by atoms with Crippen LogP contribution in [0.25, 0.3) is 11.0 Å². The number of fused-ring (bicyclic) bond motifs is 1.